The molecule has 3 nitrogen and oxygen atoms in total. The lowest BCUT2D eigenvalue weighted by Crippen LogP contribution is -2.13. The van der Waals surface area contributed by atoms with Crippen molar-refractivity contribution in [1.29, 1.82) is 0 Å². The van der Waals surface area contributed by atoms with E-state index in [0.717, 1.165) is 6.42 Å². The van der Waals surface area contributed by atoms with Crippen molar-refractivity contribution in [3.05, 3.63) is 0 Å². The van der Waals surface area contributed by atoms with Gasteiger partial charge in [0.2, 0.25) is 0 Å². The van der Waals surface area contributed by atoms with Crippen LogP contribution < -0.4 is 0 Å². The molecular weight excluding hydrogens is 156 g/mol. The maximum absolute atomic E-state index is 10.1. The fourth-order valence-electron chi connectivity index (χ4n) is 1.08. The van der Waals surface area contributed by atoms with Gasteiger partial charge in [0.15, 0.2) is 0 Å². The summed E-state index contributed by atoms with van der Waals surface area (Å²) in [6.45, 7) is 6.54. The highest BCUT2D eigenvalue weighted by Gasteiger charge is 2.05. The van der Waals surface area contributed by atoms with Gasteiger partial charge in [0.05, 0.1) is 19.1 Å². The molecule has 0 saturated carbocycles. The van der Waals surface area contributed by atoms with Gasteiger partial charge >= 0.3 is 5.97 Å². The van der Waals surface area contributed by atoms with Gasteiger partial charge in [-0.15, -0.1) is 0 Å². The Kier molecular flexibility index (Phi) is 5.72. The first-order valence-corrected chi connectivity index (χ1v) is 4.35. The van der Waals surface area contributed by atoms with Crippen LogP contribution in [0.15, 0.2) is 0 Å². The van der Waals surface area contributed by atoms with Gasteiger partial charge in [-0.1, -0.05) is 13.8 Å². The monoisotopic (exact) mass is 174 g/mol. The van der Waals surface area contributed by atoms with Gasteiger partial charge in [-0.3, -0.25) is 4.79 Å². The minimum atomic E-state index is -0.799. The summed E-state index contributed by atoms with van der Waals surface area (Å²) in [6, 6.07) is 0. The summed E-state index contributed by atoms with van der Waals surface area (Å²) >= 11 is 0. The minimum absolute atomic E-state index is 0.0996. The van der Waals surface area contributed by atoms with E-state index in [4.69, 9.17) is 9.84 Å². The Morgan fingerprint density at radius 3 is 2.42 bits per heavy atom. The van der Waals surface area contributed by atoms with E-state index in [1.165, 1.54) is 0 Å². The Hall–Kier alpha value is -0.570. The molecule has 0 saturated heterocycles. The van der Waals surface area contributed by atoms with Crippen molar-refractivity contribution < 1.29 is 14.6 Å². The first-order valence-electron chi connectivity index (χ1n) is 4.35. The molecular formula is C9H18O3. The van der Waals surface area contributed by atoms with Crippen LogP contribution in [0.2, 0.25) is 0 Å². The highest BCUT2D eigenvalue weighted by molar-refractivity contribution is 5.66. The predicted molar refractivity (Wildman–Crippen MR) is 47.1 cm³/mol. The normalized spacial score (nSPS) is 13.3. The maximum Gasteiger partial charge on any atom is 0.305 e. The number of hydrogen-bond donors (Lipinski definition) is 1. The van der Waals surface area contributed by atoms with E-state index >= 15 is 0 Å². The molecule has 0 aliphatic carbocycles. The molecule has 0 heterocycles. The topological polar surface area (TPSA) is 46.5 Å². The van der Waals surface area contributed by atoms with E-state index in [0.29, 0.717) is 12.5 Å². The Morgan fingerprint density at radius 2 is 2.00 bits per heavy atom. The second-order valence-electron chi connectivity index (χ2n) is 3.45. The number of rotatable bonds is 6. The van der Waals surface area contributed by atoms with Crippen LogP contribution >= 0.6 is 0 Å². The summed E-state index contributed by atoms with van der Waals surface area (Å²) in [5, 5.41) is 8.33. The quantitative estimate of drug-likeness (QED) is 0.669. The van der Waals surface area contributed by atoms with E-state index in [2.05, 4.69) is 13.8 Å². The fraction of sp³-hybridized carbons (Fsp3) is 0.889. The Labute approximate surface area is 73.7 Å². The number of carboxylic acids is 1. The number of ether oxygens (including phenoxy) is 1. The van der Waals surface area contributed by atoms with Crippen LogP contribution in [-0.4, -0.2) is 23.8 Å². The molecule has 0 aromatic rings. The van der Waals surface area contributed by atoms with Crippen molar-refractivity contribution in [2.45, 2.75) is 39.7 Å². The lowest BCUT2D eigenvalue weighted by molar-refractivity contribution is -0.138. The third kappa shape index (κ3) is 7.54. The van der Waals surface area contributed by atoms with Crippen molar-refractivity contribution in [3.63, 3.8) is 0 Å². The Balaban J connectivity index is 3.31. The highest BCUT2D eigenvalue weighted by atomic mass is 16.5. The molecule has 0 radical (unpaired) electrons. The number of carboxylic acid groups (broad SMARTS) is 1. The largest absolute Gasteiger partial charge is 0.481 e. The van der Waals surface area contributed by atoms with E-state index < -0.39 is 5.97 Å². The zero-order valence-electron chi connectivity index (χ0n) is 8.04. The van der Waals surface area contributed by atoms with Gasteiger partial charge in [-0.2, -0.15) is 0 Å². The molecule has 3 heteroatoms. The van der Waals surface area contributed by atoms with Crippen LogP contribution in [0.3, 0.4) is 0 Å². The number of hydrogen-bond acceptors (Lipinski definition) is 2. The van der Waals surface area contributed by atoms with Crippen LogP contribution in [0, 0.1) is 5.92 Å². The van der Waals surface area contributed by atoms with E-state index in [1.54, 1.807) is 0 Å². The summed E-state index contributed by atoms with van der Waals surface area (Å²) in [6.07, 6.45) is 1.26. The Morgan fingerprint density at radius 1 is 1.42 bits per heavy atom. The molecule has 1 atom stereocenters. The van der Waals surface area contributed by atoms with Crippen LogP contribution in [0.4, 0.5) is 0 Å². The van der Waals surface area contributed by atoms with Crippen molar-refractivity contribution in [2.75, 3.05) is 6.61 Å². The highest BCUT2D eigenvalue weighted by Crippen LogP contribution is 2.07. The standard InChI is InChI=1S/C9H18O3/c1-7(2)6-8(3)12-5-4-9(10)11/h7-8H,4-6H2,1-3H3,(H,10,11). The minimum Gasteiger partial charge on any atom is -0.481 e. The van der Waals surface area contributed by atoms with Crippen LogP contribution in [-0.2, 0) is 9.53 Å². The van der Waals surface area contributed by atoms with Gasteiger partial charge in [-0.25, -0.2) is 0 Å². The van der Waals surface area contributed by atoms with Gasteiger partial charge in [0, 0.05) is 0 Å². The lowest BCUT2D eigenvalue weighted by atomic mass is 10.1. The molecule has 12 heavy (non-hydrogen) atoms. The number of aliphatic carboxylic acids is 1. The molecule has 0 fully saturated rings. The second kappa shape index (κ2) is 6.00. The Bertz CT molecular complexity index is 132. The lowest BCUT2D eigenvalue weighted by Gasteiger charge is -2.13. The van der Waals surface area contributed by atoms with Crippen molar-refractivity contribution in [1.82, 2.24) is 0 Å². The van der Waals surface area contributed by atoms with Crippen molar-refractivity contribution in [3.8, 4) is 0 Å². The van der Waals surface area contributed by atoms with Gasteiger partial charge in [-0.05, 0) is 19.3 Å². The molecule has 0 aliphatic heterocycles. The van der Waals surface area contributed by atoms with E-state index in [9.17, 15) is 4.79 Å². The molecule has 72 valence electrons. The molecule has 0 aromatic carbocycles. The SMILES string of the molecule is CC(C)CC(C)OCCC(=O)O. The second-order valence-corrected chi connectivity index (χ2v) is 3.45. The third-order valence-electron chi connectivity index (χ3n) is 1.52. The average Bonchev–Trinajstić information content (AvgIpc) is 1.84. The molecule has 0 amide bonds. The molecule has 0 aliphatic rings. The molecule has 0 aromatic heterocycles. The van der Waals surface area contributed by atoms with E-state index in [1.807, 2.05) is 6.92 Å². The average molecular weight is 174 g/mol. The zero-order chi connectivity index (χ0) is 9.56. The first-order chi connectivity index (χ1) is 5.52. The summed E-state index contributed by atoms with van der Waals surface area (Å²) in [7, 11) is 0. The van der Waals surface area contributed by atoms with Crippen LogP contribution in [0.25, 0.3) is 0 Å². The van der Waals surface area contributed by atoms with Crippen LogP contribution in [0.5, 0.6) is 0 Å². The third-order valence-corrected chi connectivity index (χ3v) is 1.52. The summed E-state index contributed by atoms with van der Waals surface area (Å²) in [4.78, 5) is 10.1. The predicted octanol–water partition coefficient (Wildman–Crippen LogP) is 1.91. The van der Waals surface area contributed by atoms with Crippen molar-refractivity contribution in [2.24, 2.45) is 5.92 Å². The molecule has 0 rings (SSSR count). The van der Waals surface area contributed by atoms with E-state index in [-0.39, 0.29) is 12.5 Å². The summed E-state index contributed by atoms with van der Waals surface area (Å²) in [5.74, 6) is -0.198. The molecule has 1 N–H and O–H groups in total. The first kappa shape index (κ1) is 11.4. The smallest absolute Gasteiger partial charge is 0.305 e. The summed E-state index contributed by atoms with van der Waals surface area (Å²) < 4.78 is 5.28. The summed E-state index contributed by atoms with van der Waals surface area (Å²) in [5.41, 5.74) is 0. The number of carbonyl (C=O) groups is 1. The molecule has 0 bridgehead atoms. The van der Waals surface area contributed by atoms with Gasteiger partial charge in [0.1, 0.15) is 0 Å². The zero-order valence-corrected chi connectivity index (χ0v) is 8.04. The van der Waals surface area contributed by atoms with Crippen molar-refractivity contribution >= 4 is 5.97 Å². The molecule has 0 spiro atoms. The fourth-order valence-corrected chi connectivity index (χ4v) is 1.08. The molecule has 1 unspecified atom stereocenters. The maximum atomic E-state index is 10.1. The van der Waals surface area contributed by atoms with Gasteiger partial charge < -0.3 is 9.84 Å². The van der Waals surface area contributed by atoms with Crippen LogP contribution in [0.1, 0.15) is 33.6 Å². The van der Waals surface area contributed by atoms with Gasteiger partial charge in [0.25, 0.3) is 0 Å².